The second-order valence-corrected chi connectivity index (χ2v) is 16.0. The van der Waals surface area contributed by atoms with E-state index in [2.05, 4.69) is 210 Å². The first-order valence-electron chi connectivity index (χ1n) is 20.8. The van der Waals surface area contributed by atoms with E-state index in [1.54, 1.807) is 0 Å². The van der Waals surface area contributed by atoms with E-state index >= 15 is 0 Å². The molecule has 8 aromatic carbocycles. The molecule has 0 unspecified atom stereocenters. The monoisotopic (exact) mass is 798 g/mol. The minimum atomic E-state index is 0.630. The van der Waals surface area contributed by atoms with Gasteiger partial charge in [-0.15, -0.1) is 0 Å². The minimum absolute atomic E-state index is 0.630. The van der Waals surface area contributed by atoms with Crippen molar-refractivity contribution in [3.63, 3.8) is 0 Å². The van der Waals surface area contributed by atoms with Gasteiger partial charge in [0, 0.05) is 33.4 Å². The van der Waals surface area contributed by atoms with Crippen molar-refractivity contribution in [1.82, 2.24) is 29.9 Å². The second-order valence-electron chi connectivity index (χ2n) is 16.0. The Bertz CT molecular complexity index is 3120. The Morgan fingerprint density at radius 1 is 0.242 bits per heavy atom. The van der Waals surface area contributed by atoms with Gasteiger partial charge in [-0.2, -0.15) is 0 Å². The highest BCUT2D eigenvalue weighted by molar-refractivity contribution is 5.99. The summed E-state index contributed by atoms with van der Waals surface area (Å²) in [6.07, 6.45) is 0. The highest BCUT2D eigenvalue weighted by atomic mass is 15.0. The van der Waals surface area contributed by atoms with Gasteiger partial charge in [0.25, 0.3) is 0 Å². The number of hydrogen-bond acceptors (Lipinski definition) is 6. The van der Waals surface area contributed by atoms with Crippen LogP contribution in [-0.2, 0) is 0 Å². The van der Waals surface area contributed by atoms with Crippen LogP contribution in [0.25, 0.3) is 101 Å². The molecule has 0 saturated carbocycles. The van der Waals surface area contributed by atoms with Crippen LogP contribution in [0.1, 0.15) is 22.3 Å². The van der Waals surface area contributed by atoms with Crippen LogP contribution in [-0.4, -0.2) is 29.9 Å². The Balaban J connectivity index is 1.01. The zero-order chi connectivity index (χ0) is 42.2. The van der Waals surface area contributed by atoms with Gasteiger partial charge < -0.3 is 0 Å². The Morgan fingerprint density at radius 3 is 0.968 bits per heavy atom. The Morgan fingerprint density at radius 2 is 0.548 bits per heavy atom. The summed E-state index contributed by atoms with van der Waals surface area (Å²) in [5.74, 6) is 3.84. The molecule has 0 radical (unpaired) electrons. The predicted octanol–water partition coefficient (Wildman–Crippen LogP) is 13.8. The Labute approximate surface area is 361 Å². The molecule has 10 aromatic rings. The van der Waals surface area contributed by atoms with Crippen LogP contribution < -0.4 is 0 Å². The summed E-state index contributed by atoms with van der Waals surface area (Å²) in [4.78, 5) is 30.0. The number of aromatic nitrogens is 6. The molecule has 6 heteroatoms. The lowest BCUT2D eigenvalue weighted by Gasteiger charge is -2.12. The summed E-state index contributed by atoms with van der Waals surface area (Å²) in [6, 6.07) is 63.4. The van der Waals surface area contributed by atoms with Gasteiger partial charge in [-0.1, -0.05) is 186 Å². The minimum Gasteiger partial charge on any atom is -0.208 e. The summed E-state index contributed by atoms with van der Waals surface area (Å²) in [5.41, 5.74) is 14.8. The van der Waals surface area contributed by atoms with Gasteiger partial charge in [-0.3, -0.25) is 0 Å². The van der Waals surface area contributed by atoms with Crippen molar-refractivity contribution in [1.29, 1.82) is 0 Å². The molecule has 6 nitrogen and oxygen atoms in total. The molecular formula is C56H42N6. The SMILES string of the molecule is Cc1ccc(-c2nc(-c3ccc(C)cc3)nc(-c3cccc(-c4ccc5c(-c6cccc(-c7nc(-c8ccc(C)cc8)nc(-c8ccc(C)cc8)n7)c6)cccc5c4)c3)n2)cc1. The van der Waals surface area contributed by atoms with Crippen LogP contribution in [0.5, 0.6) is 0 Å². The maximum absolute atomic E-state index is 5.03. The molecule has 0 aliphatic carbocycles. The van der Waals surface area contributed by atoms with Crippen molar-refractivity contribution in [2.45, 2.75) is 27.7 Å². The third kappa shape index (κ3) is 7.89. The number of fused-ring (bicyclic) bond motifs is 1. The lowest BCUT2D eigenvalue weighted by molar-refractivity contribution is 1.07. The first kappa shape index (κ1) is 38.3. The lowest BCUT2D eigenvalue weighted by Crippen LogP contribution is -2.00. The summed E-state index contributed by atoms with van der Waals surface area (Å²) < 4.78 is 0. The first-order valence-corrected chi connectivity index (χ1v) is 20.8. The van der Waals surface area contributed by atoms with Crippen molar-refractivity contribution in [3.8, 4) is 90.6 Å². The third-order valence-corrected chi connectivity index (χ3v) is 11.3. The normalized spacial score (nSPS) is 11.2. The summed E-state index contributed by atoms with van der Waals surface area (Å²) in [6.45, 7) is 8.33. The van der Waals surface area contributed by atoms with Gasteiger partial charge in [0.1, 0.15) is 0 Å². The number of rotatable bonds is 8. The third-order valence-electron chi connectivity index (χ3n) is 11.3. The lowest BCUT2D eigenvalue weighted by atomic mass is 9.94. The molecule has 2 heterocycles. The van der Waals surface area contributed by atoms with Crippen LogP contribution in [0.3, 0.4) is 0 Å². The molecule has 0 N–H and O–H groups in total. The zero-order valence-electron chi connectivity index (χ0n) is 35.0. The largest absolute Gasteiger partial charge is 0.208 e. The predicted molar refractivity (Wildman–Crippen MR) is 253 cm³/mol. The maximum atomic E-state index is 5.03. The number of hydrogen-bond donors (Lipinski definition) is 0. The second kappa shape index (κ2) is 16.2. The molecule has 2 aromatic heterocycles. The van der Waals surface area contributed by atoms with E-state index in [4.69, 9.17) is 29.9 Å². The molecule has 10 rings (SSSR count). The van der Waals surface area contributed by atoms with Crippen LogP contribution >= 0.6 is 0 Å². The molecule has 0 aliphatic heterocycles. The summed E-state index contributed by atoms with van der Waals surface area (Å²) >= 11 is 0. The molecule has 62 heavy (non-hydrogen) atoms. The first-order chi connectivity index (χ1) is 30.3. The fourth-order valence-electron chi connectivity index (χ4n) is 7.72. The van der Waals surface area contributed by atoms with Crippen molar-refractivity contribution in [3.05, 3.63) is 204 Å². The van der Waals surface area contributed by atoms with Gasteiger partial charge in [-0.05, 0) is 78.9 Å². The van der Waals surface area contributed by atoms with E-state index in [9.17, 15) is 0 Å². The van der Waals surface area contributed by atoms with Gasteiger partial charge in [0.2, 0.25) is 0 Å². The molecule has 0 saturated heterocycles. The van der Waals surface area contributed by atoms with Crippen LogP contribution in [0, 0.1) is 27.7 Å². The van der Waals surface area contributed by atoms with Crippen molar-refractivity contribution < 1.29 is 0 Å². The molecule has 296 valence electrons. The smallest absolute Gasteiger partial charge is 0.164 e. The van der Waals surface area contributed by atoms with Gasteiger partial charge in [-0.25, -0.2) is 29.9 Å². The van der Waals surface area contributed by atoms with E-state index < -0.39 is 0 Å². The van der Waals surface area contributed by atoms with Gasteiger partial charge in [0.15, 0.2) is 34.9 Å². The van der Waals surface area contributed by atoms with E-state index in [0.717, 1.165) is 66.4 Å². The number of aryl methyl sites for hydroxylation is 4. The Kier molecular flexibility index (Phi) is 10.0. The average Bonchev–Trinajstić information content (AvgIpc) is 3.32. The fourth-order valence-corrected chi connectivity index (χ4v) is 7.72. The van der Waals surface area contributed by atoms with E-state index in [1.807, 2.05) is 0 Å². The maximum Gasteiger partial charge on any atom is 0.164 e. The van der Waals surface area contributed by atoms with Gasteiger partial charge in [0.05, 0.1) is 0 Å². The molecular weight excluding hydrogens is 757 g/mol. The van der Waals surface area contributed by atoms with E-state index in [0.29, 0.717) is 34.9 Å². The quantitative estimate of drug-likeness (QED) is 0.152. The van der Waals surface area contributed by atoms with Crippen LogP contribution in [0.2, 0.25) is 0 Å². The van der Waals surface area contributed by atoms with Gasteiger partial charge >= 0.3 is 0 Å². The van der Waals surface area contributed by atoms with Crippen LogP contribution in [0.15, 0.2) is 182 Å². The zero-order valence-corrected chi connectivity index (χ0v) is 35.0. The average molecular weight is 799 g/mol. The molecule has 0 atom stereocenters. The highest BCUT2D eigenvalue weighted by Crippen LogP contribution is 2.35. The molecule has 0 bridgehead atoms. The van der Waals surface area contributed by atoms with E-state index in [1.165, 1.54) is 22.3 Å². The fraction of sp³-hybridized carbons (Fsp3) is 0.0714. The summed E-state index contributed by atoms with van der Waals surface area (Å²) in [5, 5.41) is 2.30. The van der Waals surface area contributed by atoms with E-state index in [-0.39, 0.29) is 0 Å². The number of benzene rings is 8. The molecule has 0 aliphatic rings. The van der Waals surface area contributed by atoms with Crippen LogP contribution in [0.4, 0.5) is 0 Å². The Hall–Kier alpha value is -7.96. The van der Waals surface area contributed by atoms with Crippen molar-refractivity contribution >= 4 is 10.8 Å². The molecule has 0 fully saturated rings. The highest BCUT2D eigenvalue weighted by Gasteiger charge is 2.16. The summed E-state index contributed by atoms with van der Waals surface area (Å²) in [7, 11) is 0. The van der Waals surface area contributed by atoms with Crippen molar-refractivity contribution in [2.24, 2.45) is 0 Å². The number of nitrogens with zero attached hydrogens (tertiary/aromatic N) is 6. The molecule has 0 amide bonds. The standard InChI is InChI=1S/C56H42N6/c1-35-14-22-39(23-15-35)51-57-52(40-24-16-36(2)17-25-40)60-55(59-51)47-11-5-8-43(33-47)44-30-31-50-45(32-44)10-7-13-49(50)46-9-6-12-48(34-46)56-61-53(41-26-18-37(3)19-27-41)58-54(62-56)42-28-20-38(4)21-29-42/h5-34H,1-4H3. The van der Waals surface area contributed by atoms with Crippen molar-refractivity contribution in [2.75, 3.05) is 0 Å². The molecule has 0 spiro atoms. The topological polar surface area (TPSA) is 77.3 Å².